The Kier molecular flexibility index (Phi) is 2.83. The van der Waals surface area contributed by atoms with Crippen LogP contribution in [-0.4, -0.2) is 11.2 Å². The minimum atomic E-state index is 0.705. The van der Waals surface area contributed by atoms with E-state index in [2.05, 4.69) is 26.4 Å². The van der Waals surface area contributed by atoms with Crippen molar-refractivity contribution in [3.05, 3.63) is 27.7 Å². The van der Waals surface area contributed by atoms with Gasteiger partial charge in [-0.15, -0.1) is 11.3 Å². The molecule has 1 aliphatic rings. The van der Waals surface area contributed by atoms with Crippen LogP contribution in [-0.2, 0) is 6.54 Å². The van der Waals surface area contributed by atoms with Gasteiger partial charge in [-0.2, -0.15) is 0 Å². The third-order valence-corrected chi connectivity index (χ3v) is 4.16. The normalized spacial score (nSPS) is 15.6. The first kappa shape index (κ1) is 10.5. The van der Waals surface area contributed by atoms with Gasteiger partial charge in [0.15, 0.2) is 5.76 Å². The van der Waals surface area contributed by atoms with E-state index in [4.69, 9.17) is 4.52 Å². The highest BCUT2D eigenvalue weighted by Gasteiger charge is 2.20. The highest BCUT2D eigenvalue weighted by Crippen LogP contribution is 2.31. The van der Waals surface area contributed by atoms with Crippen molar-refractivity contribution in [3.63, 3.8) is 0 Å². The summed E-state index contributed by atoms with van der Waals surface area (Å²) in [6.07, 6.45) is 2.59. The second-order valence-electron chi connectivity index (χ2n) is 3.94. The van der Waals surface area contributed by atoms with Crippen LogP contribution in [0.15, 0.2) is 26.5 Å². The van der Waals surface area contributed by atoms with Gasteiger partial charge in [0.25, 0.3) is 0 Å². The van der Waals surface area contributed by atoms with Crippen LogP contribution in [0, 0.1) is 0 Å². The molecule has 0 spiro atoms. The number of hydrogen-bond acceptors (Lipinski definition) is 4. The maximum Gasteiger partial charge on any atom is 0.177 e. The molecule has 0 bridgehead atoms. The molecule has 2 aromatic rings. The van der Waals surface area contributed by atoms with Gasteiger partial charge in [0.05, 0.1) is 14.4 Å². The van der Waals surface area contributed by atoms with Crippen LogP contribution < -0.4 is 5.32 Å². The van der Waals surface area contributed by atoms with Crippen LogP contribution in [0.25, 0.3) is 10.6 Å². The molecule has 0 saturated heterocycles. The summed E-state index contributed by atoms with van der Waals surface area (Å²) in [7, 11) is 0. The second kappa shape index (κ2) is 4.31. The van der Waals surface area contributed by atoms with E-state index in [0.717, 1.165) is 26.7 Å². The maximum atomic E-state index is 5.32. The Morgan fingerprint density at radius 1 is 1.50 bits per heavy atom. The highest BCUT2D eigenvalue weighted by atomic mass is 79.9. The molecule has 84 valence electrons. The quantitative estimate of drug-likeness (QED) is 0.940. The molecule has 16 heavy (non-hydrogen) atoms. The minimum Gasteiger partial charge on any atom is -0.355 e. The van der Waals surface area contributed by atoms with Gasteiger partial charge in [-0.1, -0.05) is 5.16 Å². The molecule has 3 nitrogen and oxygen atoms in total. The fourth-order valence-electron chi connectivity index (χ4n) is 1.49. The largest absolute Gasteiger partial charge is 0.355 e. The molecule has 1 fully saturated rings. The molecule has 0 aliphatic heterocycles. The van der Waals surface area contributed by atoms with E-state index in [1.165, 1.54) is 12.8 Å². The van der Waals surface area contributed by atoms with E-state index in [1.807, 2.05) is 18.2 Å². The lowest BCUT2D eigenvalue weighted by Gasteiger charge is -1.95. The van der Waals surface area contributed by atoms with E-state index in [9.17, 15) is 0 Å². The molecule has 0 unspecified atom stereocenters. The molecule has 1 saturated carbocycles. The third-order valence-electron chi connectivity index (χ3n) is 2.52. The van der Waals surface area contributed by atoms with Crippen LogP contribution in [0.1, 0.15) is 18.5 Å². The number of thiophene rings is 1. The van der Waals surface area contributed by atoms with Gasteiger partial charge in [-0.05, 0) is 40.9 Å². The highest BCUT2D eigenvalue weighted by molar-refractivity contribution is 9.11. The SMILES string of the molecule is Brc1ccc(-c2cc(CNC3CC3)no2)s1. The van der Waals surface area contributed by atoms with Crippen LogP contribution in [0.2, 0.25) is 0 Å². The van der Waals surface area contributed by atoms with Gasteiger partial charge in [0.1, 0.15) is 0 Å². The van der Waals surface area contributed by atoms with Crippen molar-refractivity contribution in [3.8, 4) is 10.6 Å². The molecule has 0 amide bonds. The summed E-state index contributed by atoms with van der Waals surface area (Å²) in [4.78, 5) is 1.11. The van der Waals surface area contributed by atoms with Crippen molar-refractivity contribution in [2.45, 2.75) is 25.4 Å². The van der Waals surface area contributed by atoms with E-state index in [0.29, 0.717) is 6.04 Å². The zero-order chi connectivity index (χ0) is 11.0. The molecule has 0 radical (unpaired) electrons. The lowest BCUT2D eigenvalue weighted by Crippen LogP contribution is -2.15. The van der Waals surface area contributed by atoms with Crippen LogP contribution >= 0.6 is 27.3 Å². The van der Waals surface area contributed by atoms with Gasteiger partial charge >= 0.3 is 0 Å². The first-order valence-electron chi connectivity index (χ1n) is 5.26. The van der Waals surface area contributed by atoms with Crippen molar-refractivity contribution < 1.29 is 4.52 Å². The van der Waals surface area contributed by atoms with Crippen molar-refractivity contribution in [1.29, 1.82) is 0 Å². The predicted molar refractivity (Wildman–Crippen MR) is 67.4 cm³/mol. The van der Waals surface area contributed by atoms with Crippen LogP contribution in [0.3, 0.4) is 0 Å². The average molecular weight is 299 g/mol. The molecular weight excluding hydrogens is 288 g/mol. The van der Waals surface area contributed by atoms with Crippen LogP contribution in [0.4, 0.5) is 0 Å². The number of aromatic nitrogens is 1. The molecule has 2 heterocycles. The van der Waals surface area contributed by atoms with Crippen molar-refractivity contribution in [2.24, 2.45) is 0 Å². The Bertz CT molecular complexity index is 490. The van der Waals surface area contributed by atoms with E-state index in [1.54, 1.807) is 11.3 Å². The Balaban J connectivity index is 1.71. The van der Waals surface area contributed by atoms with Crippen LogP contribution in [0.5, 0.6) is 0 Å². The van der Waals surface area contributed by atoms with E-state index in [-0.39, 0.29) is 0 Å². The molecular formula is C11H11BrN2OS. The summed E-state index contributed by atoms with van der Waals surface area (Å²) in [6.45, 7) is 0.806. The summed E-state index contributed by atoms with van der Waals surface area (Å²) in [5, 5.41) is 7.47. The van der Waals surface area contributed by atoms with Crippen molar-refractivity contribution >= 4 is 27.3 Å². The molecule has 5 heteroatoms. The zero-order valence-corrected chi connectivity index (χ0v) is 11.0. The molecule has 0 atom stereocenters. The predicted octanol–water partition coefficient (Wildman–Crippen LogP) is 3.42. The van der Waals surface area contributed by atoms with Gasteiger partial charge in [0.2, 0.25) is 0 Å². The minimum absolute atomic E-state index is 0.705. The van der Waals surface area contributed by atoms with Gasteiger partial charge < -0.3 is 9.84 Å². The number of hydrogen-bond donors (Lipinski definition) is 1. The smallest absolute Gasteiger partial charge is 0.177 e. The summed E-state index contributed by atoms with van der Waals surface area (Å²) < 4.78 is 6.42. The number of nitrogens with zero attached hydrogens (tertiary/aromatic N) is 1. The average Bonchev–Trinajstić information content (AvgIpc) is 2.81. The van der Waals surface area contributed by atoms with E-state index < -0.39 is 0 Å². The fraction of sp³-hybridized carbons (Fsp3) is 0.364. The fourth-order valence-corrected chi connectivity index (χ4v) is 2.83. The Morgan fingerprint density at radius 3 is 3.06 bits per heavy atom. The molecule has 3 rings (SSSR count). The second-order valence-corrected chi connectivity index (χ2v) is 6.40. The third kappa shape index (κ3) is 2.36. The first-order valence-corrected chi connectivity index (χ1v) is 6.87. The monoisotopic (exact) mass is 298 g/mol. The van der Waals surface area contributed by atoms with Gasteiger partial charge in [-0.25, -0.2) is 0 Å². The number of nitrogens with one attached hydrogen (secondary N) is 1. The Morgan fingerprint density at radius 2 is 2.38 bits per heavy atom. The standard InChI is InChI=1S/C11H11BrN2OS/c12-11-4-3-10(16-11)9-5-8(14-15-9)6-13-7-1-2-7/h3-5,7,13H,1-2,6H2. The maximum absolute atomic E-state index is 5.32. The topological polar surface area (TPSA) is 38.1 Å². The van der Waals surface area contributed by atoms with Gasteiger partial charge in [-0.3, -0.25) is 0 Å². The van der Waals surface area contributed by atoms with Gasteiger partial charge in [0, 0.05) is 18.7 Å². The van der Waals surface area contributed by atoms with E-state index >= 15 is 0 Å². The summed E-state index contributed by atoms with van der Waals surface area (Å²) in [5.74, 6) is 0.850. The number of rotatable bonds is 4. The summed E-state index contributed by atoms with van der Waals surface area (Å²) in [6, 6.07) is 6.77. The Labute approximate surface area is 106 Å². The van der Waals surface area contributed by atoms with Crippen molar-refractivity contribution in [1.82, 2.24) is 10.5 Å². The zero-order valence-electron chi connectivity index (χ0n) is 8.57. The molecule has 1 aliphatic carbocycles. The summed E-state index contributed by atoms with van der Waals surface area (Å²) >= 11 is 5.09. The van der Waals surface area contributed by atoms with Crippen molar-refractivity contribution in [2.75, 3.05) is 0 Å². The Hall–Kier alpha value is -0.650. The lowest BCUT2D eigenvalue weighted by atomic mass is 10.3. The molecule has 1 N–H and O–H groups in total. The molecule has 2 aromatic heterocycles. The molecule has 0 aromatic carbocycles. The lowest BCUT2D eigenvalue weighted by molar-refractivity contribution is 0.420. The summed E-state index contributed by atoms with van der Waals surface area (Å²) in [5.41, 5.74) is 0.978. The number of halogens is 1. The first-order chi connectivity index (χ1) is 7.81.